The van der Waals surface area contributed by atoms with Gasteiger partial charge in [-0.1, -0.05) is 18.2 Å². The van der Waals surface area contributed by atoms with Crippen LogP contribution in [0.15, 0.2) is 36.9 Å². The number of hydrogen-bond donors (Lipinski definition) is 2. The smallest absolute Gasteiger partial charge is 0.115 e. The lowest BCUT2D eigenvalue weighted by Crippen LogP contribution is -2.21. The van der Waals surface area contributed by atoms with E-state index in [4.69, 9.17) is 0 Å². The van der Waals surface area contributed by atoms with Crippen LogP contribution >= 0.6 is 11.8 Å². The summed E-state index contributed by atoms with van der Waals surface area (Å²) in [5, 5.41) is 12.8. The van der Waals surface area contributed by atoms with Gasteiger partial charge < -0.3 is 10.4 Å². The second-order valence-electron chi connectivity index (χ2n) is 3.63. The van der Waals surface area contributed by atoms with E-state index in [2.05, 4.69) is 18.8 Å². The van der Waals surface area contributed by atoms with Crippen LogP contribution in [0.3, 0.4) is 0 Å². The number of rotatable bonds is 7. The maximum absolute atomic E-state index is 9.36. The molecule has 2 nitrogen and oxygen atoms in total. The van der Waals surface area contributed by atoms with E-state index in [0.717, 1.165) is 23.6 Å². The molecular formula is C13H19NOS. The van der Waals surface area contributed by atoms with E-state index in [-0.39, 0.29) is 6.04 Å². The number of nitrogens with one attached hydrogen (secondary N) is 1. The molecule has 16 heavy (non-hydrogen) atoms. The maximum Gasteiger partial charge on any atom is 0.115 e. The lowest BCUT2D eigenvalue weighted by molar-refractivity contribution is 0.472. The van der Waals surface area contributed by atoms with Crippen LogP contribution in [-0.4, -0.2) is 23.2 Å². The van der Waals surface area contributed by atoms with Crippen LogP contribution < -0.4 is 5.32 Å². The average molecular weight is 237 g/mol. The highest BCUT2D eigenvalue weighted by atomic mass is 32.2. The molecule has 0 fully saturated rings. The number of aromatic hydroxyl groups is 1. The maximum atomic E-state index is 9.36. The monoisotopic (exact) mass is 237 g/mol. The molecular weight excluding hydrogens is 218 g/mol. The summed E-state index contributed by atoms with van der Waals surface area (Å²) in [5.41, 5.74) is 1.12. The molecule has 1 atom stereocenters. The van der Waals surface area contributed by atoms with Crippen LogP contribution in [0, 0.1) is 0 Å². The van der Waals surface area contributed by atoms with E-state index in [9.17, 15) is 5.11 Å². The minimum Gasteiger partial charge on any atom is -0.508 e. The van der Waals surface area contributed by atoms with Crippen molar-refractivity contribution >= 4 is 11.8 Å². The van der Waals surface area contributed by atoms with Crippen molar-refractivity contribution in [3.8, 4) is 5.75 Å². The molecule has 0 saturated carbocycles. The standard InChI is InChI=1S/C13H19NOS/c1-3-8-16-9-7-14-11(2)12-5-4-6-13(15)10-12/h3-6,10-11,14-15H,1,7-9H2,2H3. The Balaban J connectivity index is 2.29. The van der Waals surface area contributed by atoms with Crippen molar-refractivity contribution in [2.45, 2.75) is 13.0 Å². The Morgan fingerprint density at radius 1 is 1.56 bits per heavy atom. The molecule has 0 aromatic heterocycles. The molecule has 0 amide bonds. The number of thioether (sulfide) groups is 1. The first-order valence-electron chi connectivity index (χ1n) is 5.45. The Bertz CT molecular complexity index is 327. The summed E-state index contributed by atoms with van der Waals surface area (Å²) in [6.07, 6.45) is 1.92. The van der Waals surface area contributed by atoms with Crippen LogP contribution in [0.2, 0.25) is 0 Å². The zero-order chi connectivity index (χ0) is 11.8. The molecule has 2 N–H and O–H groups in total. The number of phenols is 1. The van der Waals surface area contributed by atoms with Gasteiger partial charge in [0, 0.05) is 24.1 Å². The Kier molecular flexibility index (Phi) is 6.04. The number of benzene rings is 1. The molecule has 0 aliphatic heterocycles. The van der Waals surface area contributed by atoms with E-state index in [1.807, 2.05) is 30.0 Å². The highest BCUT2D eigenvalue weighted by molar-refractivity contribution is 7.99. The molecule has 1 aromatic carbocycles. The number of phenolic OH excluding ortho intramolecular Hbond substituents is 1. The van der Waals surface area contributed by atoms with Gasteiger partial charge in [-0.05, 0) is 24.6 Å². The second kappa shape index (κ2) is 7.36. The first-order valence-corrected chi connectivity index (χ1v) is 6.60. The third-order valence-electron chi connectivity index (χ3n) is 2.30. The fourth-order valence-corrected chi connectivity index (χ4v) is 2.02. The van der Waals surface area contributed by atoms with Crippen LogP contribution in [0.5, 0.6) is 5.75 Å². The lowest BCUT2D eigenvalue weighted by Gasteiger charge is -2.14. The van der Waals surface area contributed by atoms with Crippen LogP contribution in [0.25, 0.3) is 0 Å². The van der Waals surface area contributed by atoms with Gasteiger partial charge in [0.1, 0.15) is 5.75 Å². The molecule has 0 spiro atoms. The van der Waals surface area contributed by atoms with Crippen molar-refractivity contribution in [2.24, 2.45) is 0 Å². The Hall–Kier alpha value is -0.930. The van der Waals surface area contributed by atoms with Gasteiger partial charge in [-0.3, -0.25) is 0 Å². The van der Waals surface area contributed by atoms with Crippen molar-refractivity contribution < 1.29 is 5.11 Å². The van der Waals surface area contributed by atoms with Gasteiger partial charge in [0.05, 0.1) is 0 Å². The van der Waals surface area contributed by atoms with E-state index >= 15 is 0 Å². The van der Waals surface area contributed by atoms with Crippen molar-refractivity contribution in [3.63, 3.8) is 0 Å². The third-order valence-corrected chi connectivity index (χ3v) is 3.27. The second-order valence-corrected chi connectivity index (χ2v) is 4.78. The van der Waals surface area contributed by atoms with Crippen molar-refractivity contribution in [1.29, 1.82) is 0 Å². The lowest BCUT2D eigenvalue weighted by atomic mass is 10.1. The molecule has 0 heterocycles. The van der Waals surface area contributed by atoms with Crippen LogP contribution in [0.1, 0.15) is 18.5 Å². The summed E-state index contributed by atoms with van der Waals surface area (Å²) in [4.78, 5) is 0. The highest BCUT2D eigenvalue weighted by Gasteiger charge is 2.04. The van der Waals surface area contributed by atoms with Gasteiger partial charge in [0.25, 0.3) is 0 Å². The van der Waals surface area contributed by atoms with E-state index < -0.39 is 0 Å². The molecule has 1 rings (SSSR count). The SMILES string of the molecule is C=CCSCCNC(C)c1cccc(O)c1. The quantitative estimate of drug-likeness (QED) is 0.565. The minimum absolute atomic E-state index is 0.274. The van der Waals surface area contributed by atoms with Crippen molar-refractivity contribution in [3.05, 3.63) is 42.5 Å². The molecule has 0 aliphatic carbocycles. The molecule has 0 saturated heterocycles. The average Bonchev–Trinajstić information content (AvgIpc) is 2.28. The van der Waals surface area contributed by atoms with Crippen molar-refractivity contribution in [1.82, 2.24) is 5.32 Å². The van der Waals surface area contributed by atoms with Gasteiger partial charge >= 0.3 is 0 Å². The summed E-state index contributed by atoms with van der Waals surface area (Å²) in [7, 11) is 0. The summed E-state index contributed by atoms with van der Waals surface area (Å²) < 4.78 is 0. The summed E-state index contributed by atoms with van der Waals surface area (Å²) in [6.45, 7) is 6.75. The number of hydrogen-bond acceptors (Lipinski definition) is 3. The molecule has 0 radical (unpaired) electrons. The summed E-state index contributed by atoms with van der Waals surface area (Å²) in [5.74, 6) is 2.41. The summed E-state index contributed by atoms with van der Waals surface area (Å²) in [6, 6.07) is 7.66. The normalized spacial score (nSPS) is 12.3. The molecule has 3 heteroatoms. The fraction of sp³-hybridized carbons (Fsp3) is 0.385. The van der Waals surface area contributed by atoms with Gasteiger partial charge in [-0.25, -0.2) is 0 Å². The van der Waals surface area contributed by atoms with E-state index in [0.29, 0.717) is 5.75 Å². The Morgan fingerprint density at radius 3 is 3.06 bits per heavy atom. The van der Waals surface area contributed by atoms with Crippen LogP contribution in [0.4, 0.5) is 0 Å². The molecule has 0 aliphatic rings. The predicted octanol–water partition coefficient (Wildman–Crippen LogP) is 2.96. The van der Waals surface area contributed by atoms with Crippen molar-refractivity contribution in [2.75, 3.05) is 18.1 Å². The minimum atomic E-state index is 0.274. The zero-order valence-electron chi connectivity index (χ0n) is 9.65. The van der Waals surface area contributed by atoms with Gasteiger partial charge in [0.2, 0.25) is 0 Å². The first-order chi connectivity index (χ1) is 7.74. The topological polar surface area (TPSA) is 32.3 Å². The van der Waals surface area contributed by atoms with Gasteiger partial charge in [-0.15, -0.1) is 6.58 Å². The third kappa shape index (κ3) is 4.73. The molecule has 1 aromatic rings. The Labute approximate surface area is 102 Å². The van der Waals surface area contributed by atoms with Gasteiger partial charge in [0.15, 0.2) is 0 Å². The highest BCUT2D eigenvalue weighted by Crippen LogP contribution is 2.17. The Morgan fingerprint density at radius 2 is 2.38 bits per heavy atom. The van der Waals surface area contributed by atoms with E-state index in [1.54, 1.807) is 12.1 Å². The zero-order valence-corrected chi connectivity index (χ0v) is 10.5. The largest absolute Gasteiger partial charge is 0.508 e. The molecule has 88 valence electrons. The van der Waals surface area contributed by atoms with E-state index in [1.165, 1.54) is 0 Å². The predicted molar refractivity (Wildman–Crippen MR) is 72.0 cm³/mol. The first kappa shape index (κ1) is 13.1. The summed E-state index contributed by atoms with van der Waals surface area (Å²) >= 11 is 1.86. The van der Waals surface area contributed by atoms with Gasteiger partial charge in [-0.2, -0.15) is 11.8 Å². The molecule has 0 bridgehead atoms. The van der Waals surface area contributed by atoms with Crippen LogP contribution in [-0.2, 0) is 0 Å². The fourth-order valence-electron chi connectivity index (χ4n) is 1.43. The molecule has 1 unspecified atom stereocenters.